The second-order valence-corrected chi connectivity index (χ2v) is 5.99. The van der Waals surface area contributed by atoms with Gasteiger partial charge in [0.05, 0.1) is 0 Å². The van der Waals surface area contributed by atoms with Gasteiger partial charge in [0.1, 0.15) is 5.75 Å². The van der Waals surface area contributed by atoms with Crippen LogP contribution in [0.3, 0.4) is 0 Å². The molecule has 0 atom stereocenters. The average Bonchev–Trinajstić information content (AvgIpc) is 2.47. The van der Waals surface area contributed by atoms with E-state index in [1.54, 1.807) is 24.3 Å². The summed E-state index contributed by atoms with van der Waals surface area (Å²) < 4.78 is 1.53. The van der Waals surface area contributed by atoms with Gasteiger partial charge in [0.2, 0.25) is 0 Å². The molecule has 0 saturated heterocycles. The number of rotatable bonds is 0. The van der Waals surface area contributed by atoms with E-state index in [0.717, 1.165) is 0 Å². The molecule has 111 valence electrons. The predicted molar refractivity (Wildman–Crippen MR) is 87.5 cm³/mol. The smallest absolute Gasteiger partial charge is 0.115 e. The van der Waals surface area contributed by atoms with Crippen LogP contribution in [0.4, 0.5) is 0 Å². The molecule has 0 aliphatic heterocycles. The molecule has 0 saturated carbocycles. The minimum atomic E-state index is 0. The van der Waals surface area contributed by atoms with Crippen molar-refractivity contribution in [3.8, 4) is 5.75 Å². The van der Waals surface area contributed by atoms with Crippen molar-refractivity contribution in [1.29, 1.82) is 0 Å². The van der Waals surface area contributed by atoms with Crippen LogP contribution >= 0.6 is 24.8 Å². The minimum absolute atomic E-state index is 0. The Morgan fingerprint density at radius 1 is 0.900 bits per heavy atom. The molecule has 0 aromatic heterocycles. The number of para-hydroxylation sites is 1. The van der Waals surface area contributed by atoms with Gasteiger partial charge in [-0.25, -0.2) is 0 Å². The number of aromatic hydroxyl groups is 1. The van der Waals surface area contributed by atoms with E-state index < -0.39 is 0 Å². The number of halogens is 2. The Hall–Kier alpha value is -0.206. The van der Waals surface area contributed by atoms with Crippen LogP contribution in [0.15, 0.2) is 50.9 Å². The molecule has 0 radical (unpaired) electrons. The first-order chi connectivity index (χ1) is 8.28. The summed E-state index contributed by atoms with van der Waals surface area (Å²) in [6.45, 7) is 11.3. The topological polar surface area (TPSA) is 20.2 Å². The molecule has 0 fully saturated rings. The maximum Gasteiger partial charge on any atom is 0.115 e. The van der Waals surface area contributed by atoms with E-state index in [9.17, 15) is 0 Å². The van der Waals surface area contributed by atoms with Gasteiger partial charge in [0.15, 0.2) is 0 Å². The largest absolute Gasteiger partial charge is 0.508 e. The van der Waals surface area contributed by atoms with Crippen LogP contribution in [0.1, 0.15) is 34.6 Å². The number of allylic oxidation sites excluding steroid dienone is 4. The summed E-state index contributed by atoms with van der Waals surface area (Å²) in [6.07, 6.45) is 0. The Balaban J connectivity index is 0. The van der Waals surface area contributed by atoms with E-state index in [1.165, 1.54) is 20.6 Å². The van der Waals surface area contributed by atoms with E-state index in [1.807, 2.05) is 6.07 Å². The summed E-state index contributed by atoms with van der Waals surface area (Å²) in [7, 11) is 0. The molecule has 2 rings (SSSR count). The zero-order chi connectivity index (χ0) is 13.9. The van der Waals surface area contributed by atoms with Crippen LogP contribution in [0.2, 0.25) is 0 Å². The standard InChI is InChI=1S/C10H15.C6H6O.2ClH.Ti/c1-7-6-10(4,5)9(3)8(7)2;7-6-4-2-1-3-5-6;;;/h1-5H3;1-5,7H;2*1H;. The van der Waals surface area contributed by atoms with Crippen molar-refractivity contribution >= 4 is 24.8 Å². The van der Waals surface area contributed by atoms with Crippen molar-refractivity contribution in [2.45, 2.75) is 34.6 Å². The summed E-state index contributed by atoms with van der Waals surface area (Å²) in [4.78, 5) is 0. The first-order valence-corrected chi connectivity index (χ1v) is 6.92. The van der Waals surface area contributed by atoms with Crippen molar-refractivity contribution in [3.63, 3.8) is 0 Å². The number of phenols is 1. The van der Waals surface area contributed by atoms with Gasteiger partial charge in [-0.2, -0.15) is 0 Å². The Bertz CT molecular complexity index is 464. The van der Waals surface area contributed by atoms with Crippen LogP contribution in [0.5, 0.6) is 5.75 Å². The molecule has 1 nitrogen and oxygen atoms in total. The third-order valence-electron chi connectivity index (χ3n) is 3.82. The molecule has 0 heterocycles. The van der Waals surface area contributed by atoms with Gasteiger partial charge in [-0.05, 0) is 12.1 Å². The molecular weight excluding hydrogens is 327 g/mol. The van der Waals surface area contributed by atoms with Gasteiger partial charge in [-0.15, -0.1) is 24.8 Å². The maximum atomic E-state index is 8.63. The summed E-state index contributed by atoms with van der Waals surface area (Å²) in [5.74, 6) is 0.322. The van der Waals surface area contributed by atoms with Crippen molar-refractivity contribution < 1.29 is 25.5 Å². The molecule has 1 aliphatic rings. The molecule has 20 heavy (non-hydrogen) atoms. The van der Waals surface area contributed by atoms with Gasteiger partial charge in [0.25, 0.3) is 0 Å². The van der Waals surface area contributed by atoms with Crippen LogP contribution < -0.4 is 0 Å². The number of hydrogen-bond acceptors (Lipinski definition) is 1. The Morgan fingerprint density at radius 2 is 1.35 bits per heavy atom. The van der Waals surface area contributed by atoms with Gasteiger partial charge in [-0.1, -0.05) is 18.2 Å². The predicted octanol–water partition coefficient (Wildman–Crippen LogP) is 5.42. The number of benzene rings is 1. The summed E-state index contributed by atoms with van der Waals surface area (Å²) in [5, 5.41) is 8.63. The average molecular weight is 350 g/mol. The third kappa shape index (κ3) is 4.96. The molecule has 1 aromatic carbocycles. The first-order valence-electron chi connectivity index (χ1n) is 6.13. The van der Waals surface area contributed by atoms with E-state index in [2.05, 4.69) is 55.1 Å². The zero-order valence-electron chi connectivity index (χ0n) is 12.7. The minimum Gasteiger partial charge on any atom is -0.508 e. The van der Waals surface area contributed by atoms with Crippen LogP contribution in [-0.2, 0) is 20.4 Å². The van der Waals surface area contributed by atoms with Crippen molar-refractivity contribution in [1.82, 2.24) is 0 Å². The second kappa shape index (κ2) is 8.94. The van der Waals surface area contributed by atoms with E-state index in [-0.39, 0.29) is 24.8 Å². The Morgan fingerprint density at radius 3 is 1.50 bits per heavy atom. The molecule has 1 N–H and O–H groups in total. The van der Waals surface area contributed by atoms with Crippen molar-refractivity contribution in [2.24, 2.45) is 5.41 Å². The van der Waals surface area contributed by atoms with Crippen molar-refractivity contribution in [2.75, 3.05) is 0 Å². The third-order valence-corrected chi connectivity index (χ3v) is 5.38. The van der Waals surface area contributed by atoms with Gasteiger partial charge in [-0.3, -0.25) is 0 Å². The quantitative estimate of drug-likeness (QED) is 0.620. The normalized spacial score (nSPS) is 15.8. The maximum absolute atomic E-state index is 8.63. The molecule has 1 aromatic rings. The molecular formula is C16H23Cl2OTi. The Kier molecular flexibility index (Phi) is 9.88. The van der Waals surface area contributed by atoms with Crippen LogP contribution in [0.25, 0.3) is 0 Å². The SMILES string of the molecule is CC1=C(C)C(C)(C)[C]([Ti])=C1C.Cl.Cl.Oc1ccccc1. The fraction of sp³-hybridized carbons (Fsp3) is 0.375. The Labute approximate surface area is 146 Å². The van der Waals surface area contributed by atoms with Gasteiger partial charge < -0.3 is 5.11 Å². The number of hydrogen-bond donors (Lipinski definition) is 1. The summed E-state index contributed by atoms with van der Waals surface area (Å²) in [5.41, 5.74) is 4.83. The zero-order valence-corrected chi connectivity index (χ0v) is 15.8. The second-order valence-electron chi connectivity index (χ2n) is 5.21. The summed E-state index contributed by atoms with van der Waals surface area (Å²) >= 11 is 2.25. The molecule has 0 bridgehead atoms. The van der Waals surface area contributed by atoms with E-state index in [0.29, 0.717) is 11.2 Å². The van der Waals surface area contributed by atoms with Gasteiger partial charge in [0, 0.05) is 0 Å². The fourth-order valence-corrected chi connectivity index (χ4v) is 2.61. The fourth-order valence-electron chi connectivity index (χ4n) is 2.02. The van der Waals surface area contributed by atoms with Crippen LogP contribution in [0, 0.1) is 5.41 Å². The molecule has 0 amide bonds. The monoisotopic (exact) mass is 349 g/mol. The van der Waals surface area contributed by atoms with E-state index in [4.69, 9.17) is 5.11 Å². The molecule has 4 heteroatoms. The first kappa shape index (κ1) is 22.1. The van der Waals surface area contributed by atoms with Gasteiger partial charge >= 0.3 is 81.1 Å². The molecule has 1 aliphatic carbocycles. The van der Waals surface area contributed by atoms with Crippen LogP contribution in [-0.4, -0.2) is 5.11 Å². The van der Waals surface area contributed by atoms with E-state index >= 15 is 0 Å². The molecule has 0 unspecified atom stereocenters. The molecule has 0 spiro atoms. The number of phenolic OH excluding ortho intramolecular Hbond substituents is 1. The van der Waals surface area contributed by atoms with Crippen molar-refractivity contribution in [3.05, 3.63) is 50.9 Å². The summed E-state index contributed by atoms with van der Waals surface area (Å²) in [6, 6.07) is 8.71.